The van der Waals surface area contributed by atoms with Crippen molar-refractivity contribution in [3.8, 4) is 5.75 Å². The van der Waals surface area contributed by atoms with Crippen LogP contribution in [0.15, 0.2) is 23.1 Å². The molecule has 1 fully saturated rings. The molecule has 1 saturated heterocycles. The average Bonchev–Trinajstić information content (AvgIpc) is 2.45. The molecular weight excluding hydrogens is 286 g/mol. The summed E-state index contributed by atoms with van der Waals surface area (Å²) >= 11 is 0. The van der Waals surface area contributed by atoms with Gasteiger partial charge in [0.05, 0.1) is 7.11 Å². The first kappa shape index (κ1) is 16.3. The molecule has 0 bridgehead atoms. The summed E-state index contributed by atoms with van der Waals surface area (Å²) in [5, 5.41) is 0. The van der Waals surface area contributed by atoms with E-state index in [1.54, 1.807) is 16.4 Å². The van der Waals surface area contributed by atoms with Gasteiger partial charge in [-0.1, -0.05) is 26.8 Å². The minimum atomic E-state index is -3.49. The van der Waals surface area contributed by atoms with Gasteiger partial charge in [0.25, 0.3) is 0 Å². The number of rotatable bonds is 4. The number of benzene rings is 1. The molecule has 2 atom stereocenters. The Hall–Kier alpha value is -1.07. The number of nitrogens with zero attached hydrogens (tertiary/aromatic N) is 1. The fourth-order valence-electron chi connectivity index (χ4n) is 3.08. The van der Waals surface area contributed by atoms with E-state index in [0.29, 0.717) is 35.6 Å². The largest absolute Gasteiger partial charge is 0.495 e. The highest BCUT2D eigenvalue weighted by Crippen LogP contribution is 2.32. The first-order valence-corrected chi connectivity index (χ1v) is 8.99. The van der Waals surface area contributed by atoms with Crippen molar-refractivity contribution in [2.45, 2.75) is 38.5 Å². The molecule has 1 aromatic rings. The SMILES string of the molecule is CCc1ccc(OC)c(S(=O)(=O)N2C[C@@H](C)C[C@H](C)C2)c1. The molecular formula is C16H25NO3S. The maximum Gasteiger partial charge on any atom is 0.246 e. The van der Waals surface area contributed by atoms with E-state index in [1.165, 1.54) is 7.11 Å². The fraction of sp³-hybridized carbons (Fsp3) is 0.625. The smallest absolute Gasteiger partial charge is 0.246 e. The molecule has 4 nitrogen and oxygen atoms in total. The molecule has 0 radical (unpaired) electrons. The third kappa shape index (κ3) is 3.40. The van der Waals surface area contributed by atoms with Gasteiger partial charge in [0, 0.05) is 13.1 Å². The lowest BCUT2D eigenvalue weighted by Crippen LogP contribution is -2.42. The van der Waals surface area contributed by atoms with Crippen molar-refractivity contribution in [2.24, 2.45) is 11.8 Å². The van der Waals surface area contributed by atoms with Gasteiger partial charge in [0.1, 0.15) is 10.6 Å². The summed E-state index contributed by atoms with van der Waals surface area (Å²) in [6.07, 6.45) is 1.89. The van der Waals surface area contributed by atoms with E-state index in [0.717, 1.165) is 18.4 Å². The highest BCUT2D eigenvalue weighted by atomic mass is 32.2. The van der Waals surface area contributed by atoms with Gasteiger partial charge in [-0.15, -0.1) is 0 Å². The van der Waals surface area contributed by atoms with E-state index in [2.05, 4.69) is 13.8 Å². The van der Waals surface area contributed by atoms with E-state index in [9.17, 15) is 8.42 Å². The maximum absolute atomic E-state index is 13.0. The first-order valence-electron chi connectivity index (χ1n) is 7.55. The highest BCUT2D eigenvalue weighted by Gasteiger charge is 2.33. The number of hydrogen-bond donors (Lipinski definition) is 0. The van der Waals surface area contributed by atoms with Crippen LogP contribution in [0.1, 0.15) is 32.8 Å². The van der Waals surface area contributed by atoms with Crippen molar-refractivity contribution < 1.29 is 13.2 Å². The van der Waals surface area contributed by atoms with Gasteiger partial charge >= 0.3 is 0 Å². The number of piperidine rings is 1. The molecule has 1 heterocycles. The molecule has 1 aliphatic rings. The first-order chi connectivity index (χ1) is 9.88. The summed E-state index contributed by atoms with van der Waals surface area (Å²) in [7, 11) is -1.98. The van der Waals surface area contributed by atoms with E-state index in [4.69, 9.17) is 4.74 Å². The van der Waals surface area contributed by atoms with Gasteiger partial charge in [-0.3, -0.25) is 0 Å². The van der Waals surface area contributed by atoms with Crippen molar-refractivity contribution >= 4 is 10.0 Å². The van der Waals surface area contributed by atoms with Crippen molar-refractivity contribution in [1.29, 1.82) is 0 Å². The minimum absolute atomic E-state index is 0.297. The Morgan fingerprint density at radius 2 is 1.86 bits per heavy atom. The zero-order valence-electron chi connectivity index (χ0n) is 13.3. The van der Waals surface area contributed by atoms with Crippen LogP contribution in [0.5, 0.6) is 5.75 Å². The molecule has 5 heteroatoms. The number of hydrogen-bond acceptors (Lipinski definition) is 3. The van der Waals surface area contributed by atoms with Crippen LogP contribution in [0.3, 0.4) is 0 Å². The molecule has 0 N–H and O–H groups in total. The Labute approximate surface area is 128 Å². The van der Waals surface area contributed by atoms with Gasteiger partial charge in [-0.2, -0.15) is 4.31 Å². The second-order valence-electron chi connectivity index (χ2n) is 6.11. The lowest BCUT2D eigenvalue weighted by Gasteiger charge is -2.34. The van der Waals surface area contributed by atoms with Gasteiger partial charge in [-0.25, -0.2) is 8.42 Å². The predicted molar refractivity (Wildman–Crippen MR) is 84.1 cm³/mol. The van der Waals surface area contributed by atoms with Crippen LogP contribution in [-0.4, -0.2) is 32.9 Å². The quantitative estimate of drug-likeness (QED) is 0.859. The van der Waals surface area contributed by atoms with E-state index < -0.39 is 10.0 Å². The van der Waals surface area contributed by atoms with Crippen LogP contribution in [0, 0.1) is 11.8 Å². The summed E-state index contributed by atoms with van der Waals surface area (Å²) in [5.74, 6) is 1.21. The molecule has 0 amide bonds. The Morgan fingerprint density at radius 3 is 2.38 bits per heavy atom. The molecule has 0 saturated carbocycles. The number of ether oxygens (including phenoxy) is 1. The molecule has 1 aliphatic heterocycles. The van der Waals surface area contributed by atoms with Gasteiger partial charge in [-0.05, 0) is 42.4 Å². The molecule has 1 aromatic carbocycles. The standard InChI is InChI=1S/C16H25NO3S/c1-5-14-6-7-15(20-4)16(9-14)21(18,19)17-10-12(2)8-13(3)11-17/h6-7,9,12-13H,5,8,10-11H2,1-4H3/t12-,13-/m0/s1. The second kappa shape index (κ2) is 6.36. The maximum atomic E-state index is 13.0. The van der Waals surface area contributed by atoms with Crippen molar-refractivity contribution in [3.63, 3.8) is 0 Å². The fourth-order valence-corrected chi connectivity index (χ4v) is 4.97. The third-order valence-corrected chi connectivity index (χ3v) is 5.94. The van der Waals surface area contributed by atoms with Crippen LogP contribution in [0.25, 0.3) is 0 Å². The molecule has 0 unspecified atom stereocenters. The molecule has 21 heavy (non-hydrogen) atoms. The topological polar surface area (TPSA) is 46.6 Å². The normalized spacial score (nSPS) is 24.0. The molecule has 0 aromatic heterocycles. The summed E-state index contributed by atoms with van der Waals surface area (Å²) < 4.78 is 32.8. The molecule has 0 spiro atoms. The van der Waals surface area contributed by atoms with Crippen LogP contribution < -0.4 is 4.74 Å². The monoisotopic (exact) mass is 311 g/mol. The zero-order valence-corrected chi connectivity index (χ0v) is 14.1. The average molecular weight is 311 g/mol. The zero-order chi connectivity index (χ0) is 15.6. The van der Waals surface area contributed by atoms with Crippen LogP contribution in [-0.2, 0) is 16.4 Å². The van der Waals surface area contributed by atoms with Gasteiger partial charge in [0.2, 0.25) is 10.0 Å². The van der Waals surface area contributed by atoms with Gasteiger partial charge in [0.15, 0.2) is 0 Å². The third-order valence-electron chi connectivity index (χ3n) is 4.09. The summed E-state index contributed by atoms with van der Waals surface area (Å²) in [5.41, 5.74) is 1.01. The Bertz CT molecular complexity index is 588. The number of sulfonamides is 1. The summed E-state index contributed by atoms with van der Waals surface area (Å²) in [6, 6.07) is 5.42. The van der Waals surface area contributed by atoms with Crippen molar-refractivity contribution in [1.82, 2.24) is 4.31 Å². The molecule has 118 valence electrons. The second-order valence-corrected chi connectivity index (χ2v) is 8.01. The predicted octanol–water partition coefficient (Wildman–Crippen LogP) is 2.92. The molecule has 0 aliphatic carbocycles. The van der Waals surface area contributed by atoms with E-state index >= 15 is 0 Å². The van der Waals surface area contributed by atoms with Crippen LogP contribution in [0.2, 0.25) is 0 Å². The highest BCUT2D eigenvalue weighted by molar-refractivity contribution is 7.89. The minimum Gasteiger partial charge on any atom is -0.495 e. The van der Waals surface area contributed by atoms with Crippen molar-refractivity contribution in [2.75, 3.05) is 20.2 Å². The lowest BCUT2D eigenvalue weighted by atomic mass is 9.94. The lowest BCUT2D eigenvalue weighted by molar-refractivity contribution is 0.222. The van der Waals surface area contributed by atoms with Crippen LogP contribution in [0.4, 0.5) is 0 Å². The molecule has 2 rings (SSSR count). The van der Waals surface area contributed by atoms with Gasteiger partial charge < -0.3 is 4.74 Å². The summed E-state index contributed by atoms with van der Waals surface area (Å²) in [4.78, 5) is 0.297. The van der Waals surface area contributed by atoms with Crippen molar-refractivity contribution in [3.05, 3.63) is 23.8 Å². The number of methoxy groups -OCH3 is 1. The van der Waals surface area contributed by atoms with Crippen LogP contribution >= 0.6 is 0 Å². The summed E-state index contributed by atoms with van der Waals surface area (Å²) in [6.45, 7) is 7.41. The number of aryl methyl sites for hydroxylation is 1. The Morgan fingerprint density at radius 1 is 1.24 bits per heavy atom. The Balaban J connectivity index is 2.43. The van der Waals surface area contributed by atoms with E-state index in [-0.39, 0.29) is 0 Å². The Kier molecular flexibility index (Phi) is 4.94. The van der Waals surface area contributed by atoms with E-state index in [1.807, 2.05) is 13.0 Å².